The topological polar surface area (TPSA) is 97.0 Å². The third-order valence-corrected chi connectivity index (χ3v) is 7.07. The van der Waals surface area contributed by atoms with Crippen LogP contribution < -0.4 is 20.3 Å². The van der Waals surface area contributed by atoms with Crippen molar-refractivity contribution in [2.45, 2.75) is 18.5 Å². The normalized spacial score (nSPS) is 15.5. The van der Waals surface area contributed by atoms with Crippen molar-refractivity contribution in [3.63, 3.8) is 0 Å². The molecule has 1 aliphatic heterocycles. The van der Waals surface area contributed by atoms with Gasteiger partial charge in [-0.1, -0.05) is 65.1 Å². The van der Waals surface area contributed by atoms with E-state index in [2.05, 4.69) is 10.6 Å². The van der Waals surface area contributed by atoms with Crippen molar-refractivity contribution in [2.75, 3.05) is 31.8 Å². The van der Waals surface area contributed by atoms with Gasteiger partial charge in [0.25, 0.3) is 11.8 Å². The summed E-state index contributed by atoms with van der Waals surface area (Å²) in [5, 5.41) is 6.62. The molecule has 3 aromatic carbocycles. The molecule has 0 spiro atoms. The molecular weight excluding hydrogens is 565 g/mol. The van der Waals surface area contributed by atoms with Gasteiger partial charge >= 0.3 is 0 Å². The lowest BCUT2D eigenvalue weighted by Gasteiger charge is -2.26. The number of nitrogens with one attached hydrogen (secondary N) is 2. The highest BCUT2D eigenvalue weighted by Crippen LogP contribution is 2.34. The van der Waals surface area contributed by atoms with E-state index in [-0.39, 0.29) is 36.8 Å². The number of benzene rings is 3. The average molecular weight is 591 g/mol. The van der Waals surface area contributed by atoms with E-state index in [1.165, 1.54) is 12.0 Å². The lowest BCUT2D eigenvalue weighted by Crippen LogP contribution is -2.56. The summed E-state index contributed by atoms with van der Waals surface area (Å²) in [5.74, 6) is -1.12. The van der Waals surface area contributed by atoms with Crippen LogP contribution in [-0.4, -0.2) is 56.7 Å². The minimum Gasteiger partial charge on any atom is -0.489 e. The molecule has 1 aliphatic rings. The Kier molecular flexibility index (Phi) is 9.69. The number of fused-ring (bicyclic) bond motifs is 1. The van der Waals surface area contributed by atoms with E-state index in [1.807, 2.05) is 0 Å². The average Bonchev–Trinajstić information content (AvgIpc) is 3.04. The smallest absolute Gasteiger partial charge is 0.253 e. The Morgan fingerprint density at radius 2 is 1.77 bits per heavy atom. The van der Waals surface area contributed by atoms with Crippen molar-refractivity contribution in [1.82, 2.24) is 10.6 Å². The van der Waals surface area contributed by atoms with Gasteiger partial charge in [-0.3, -0.25) is 14.4 Å². The first-order chi connectivity index (χ1) is 18.8. The molecule has 2 N–H and O–H groups in total. The number of halogens is 3. The number of anilines is 1. The Hall–Kier alpha value is -3.30. The maximum atomic E-state index is 13.6. The van der Waals surface area contributed by atoms with Crippen molar-refractivity contribution < 1.29 is 23.9 Å². The van der Waals surface area contributed by atoms with Gasteiger partial charge < -0.3 is 25.0 Å². The van der Waals surface area contributed by atoms with Crippen LogP contribution in [0.2, 0.25) is 15.1 Å². The monoisotopic (exact) mass is 589 g/mol. The zero-order chi connectivity index (χ0) is 27.9. The van der Waals surface area contributed by atoms with E-state index in [9.17, 15) is 14.4 Å². The van der Waals surface area contributed by atoms with Crippen LogP contribution in [0.25, 0.3) is 0 Å². The molecule has 0 bridgehead atoms. The fourth-order valence-electron chi connectivity index (χ4n) is 4.14. The summed E-state index contributed by atoms with van der Waals surface area (Å²) in [6.45, 7) is 0.349. The van der Waals surface area contributed by atoms with Crippen molar-refractivity contribution >= 4 is 58.2 Å². The van der Waals surface area contributed by atoms with Gasteiger partial charge in [0.15, 0.2) is 0 Å². The van der Waals surface area contributed by atoms with E-state index in [0.29, 0.717) is 27.0 Å². The highest BCUT2D eigenvalue weighted by Gasteiger charge is 2.34. The number of ether oxygens (including phenoxy) is 2. The summed E-state index contributed by atoms with van der Waals surface area (Å²) < 4.78 is 11.1. The molecule has 0 unspecified atom stereocenters. The molecule has 0 aromatic heterocycles. The van der Waals surface area contributed by atoms with Crippen LogP contribution in [0.1, 0.15) is 15.9 Å². The first kappa shape index (κ1) is 28.7. The van der Waals surface area contributed by atoms with Gasteiger partial charge in [-0.15, -0.1) is 0 Å². The van der Waals surface area contributed by atoms with Gasteiger partial charge in [0.2, 0.25) is 5.91 Å². The largest absolute Gasteiger partial charge is 0.489 e. The third kappa shape index (κ3) is 7.02. The number of nitrogens with zero attached hydrogens (tertiary/aromatic N) is 1. The number of hydrogen-bond acceptors (Lipinski definition) is 5. The van der Waals surface area contributed by atoms with Crippen LogP contribution in [0.15, 0.2) is 66.7 Å². The molecule has 0 aliphatic carbocycles. The first-order valence-corrected chi connectivity index (χ1v) is 13.2. The minimum atomic E-state index is -1.08. The van der Waals surface area contributed by atoms with E-state index in [4.69, 9.17) is 44.3 Å². The summed E-state index contributed by atoms with van der Waals surface area (Å²) in [6, 6.07) is 16.3. The lowest BCUT2D eigenvalue weighted by molar-refractivity contribution is -0.129. The summed E-state index contributed by atoms with van der Waals surface area (Å²) in [5.41, 5.74) is 1.37. The number of carbonyl (C=O) groups is 3. The highest BCUT2D eigenvalue weighted by molar-refractivity contribution is 6.34. The van der Waals surface area contributed by atoms with Gasteiger partial charge in [0.1, 0.15) is 24.4 Å². The Balaban J connectivity index is 1.59. The molecule has 0 saturated carbocycles. The van der Waals surface area contributed by atoms with Gasteiger partial charge in [-0.25, -0.2) is 0 Å². The van der Waals surface area contributed by atoms with Crippen LogP contribution in [0.3, 0.4) is 0 Å². The molecule has 0 saturated heterocycles. The molecular formula is C28H26Cl3N3O5. The van der Waals surface area contributed by atoms with E-state index >= 15 is 0 Å². The van der Waals surface area contributed by atoms with Crippen molar-refractivity contribution in [1.29, 1.82) is 0 Å². The Labute approximate surface area is 241 Å². The molecule has 8 nitrogen and oxygen atoms in total. The molecule has 4 rings (SSSR count). The standard InChI is InChI=1S/C28H26Cl3N3O5/c1-38-13-12-34-24-11-10-18(29)15-25(24)39-16-23(28(34)37)33-27(36)22(14-17-6-2-4-8-20(17)30)32-26(35)19-7-3-5-9-21(19)31/h2-11,15,22-23H,12-14,16H2,1H3,(H,32,35)(H,33,36)/t22-,23-/m1/s1. The van der Waals surface area contributed by atoms with Crippen LogP contribution in [0, 0.1) is 0 Å². The minimum absolute atomic E-state index is 0.0761. The quantitative estimate of drug-likeness (QED) is 0.381. The van der Waals surface area contributed by atoms with E-state index in [0.717, 1.165) is 0 Å². The summed E-state index contributed by atoms with van der Waals surface area (Å²) in [7, 11) is 1.53. The highest BCUT2D eigenvalue weighted by atomic mass is 35.5. The number of rotatable bonds is 9. The number of carbonyl (C=O) groups excluding carboxylic acids is 3. The molecule has 0 radical (unpaired) electrons. The fraction of sp³-hybridized carbons (Fsp3) is 0.250. The number of hydrogen-bond donors (Lipinski definition) is 2. The van der Waals surface area contributed by atoms with E-state index in [1.54, 1.807) is 66.7 Å². The second-order valence-electron chi connectivity index (χ2n) is 8.77. The van der Waals surface area contributed by atoms with Gasteiger partial charge in [0.05, 0.1) is 22.9 Å². The Morgan fingerprint density at radius 1 is 1.05 bits per heavy atom. The van der Waals surface area contributed by atoms with Gasteiger partial charge in [0, 0.05) is 36.2 Å². The maximum Gasteiger partial charge on any atom is 0.253 e. The Morgan fingerprint density at radius 3 is 2.49 bits per heavy atom. The molecule has 3 aromatic rings. The van der Waals surface area contributed by atoms with E-state index < -0.39 is 29.8 Å². The SMILES string of the molecule is COCCN1C(=O)[C@H](NC(=O)[C@@H](Cc2ccccc2Cl)NC(=O)c2ccccc2Cl)COc2cc(Cl)ccc21. The number of methoxy groups -OCH3 is 1. The molecule has 1 heterocycles. The van der Waals surface area contributed by atoms with Crippen molar-refractivity contribution in [3.8, 4) is 5.75 Å². The van der Waals surface area contributed by atoms with Crippen LogP contribution >= 0.6 is 34.8 Å². The molecule has 3 amide bonds. The zero-order valence-electron chi connectivity index (χ0n) is 21.0. The molecule has 0 fully saturated rings. The molecule has 2 atom stereocenters. The predicted molar refractivity (Wildman–Crippen MR) is 151 cm³/mol. The maximum absolute atomic E-state index is 13.6. The lowest BCUT2D eigenvalue weighted by atomic mass is 10.0. The van der Waals surface area contributed by atoms with Crippen molar-refractivity contribution in [3.05, 3.63) is 92.9 Å². The molecule has 204 valence electrons. The van der Waals surface area contributed by atoms with Crippen LogP contribution in [0.5, 0.6) is 5.75 Å². The summed E-state index contributed by atoms with van der Waals surface area (Å²) in [4.78, 5) is 41.8. The summed E-state index contributed by atoms with van der Waals surface area (Å²) in [6.07, 6.45) is 0.0761. The second kappa shape index (κ2) is 13.2. The Bertz CT molecular complexity index is 1370. The summed E-state index contributed by atoms with van der Waals surface area (Å²) >= 11 is 18.7. The van der Waals surface area contributed by atoms with Crippen molar-refractivity contribution in [2.24, 2.45) is 0 Å². The first-order valence-electron chi connectivity index (χ1n) is 12.1. The second-order valence-corrected chi connectivity index (χ2v) is 10.0. The third-order valence-electron chi connectivity index (χ3n) is 6.14. The van der Waals surface area contributed by atoms with Crippen LogP contribution in [0.4, 0.5) is 5.69 Å². The van der Waals surface area contributed by atoms with Crippen LogP contribution in [-0.2, 0) is 20.7 Å². The number of amides is 3. The molecule has 11 heteroatoms. The zero-order valence-corrected chi connectivity index (χ0v) is 23.2. The van der Waals surface area contributed by atoms with Gasteiger partial charge in [-0.05, 0) is 35.9 Å². The van der Waals surface area contributed by atoms with Gasteiger partial charge in [-0.2, -0.15) is 0 Å². The molecule has 39 heavy (non-hydrogen) atoms. The fourth-order valence-corrected chi connectivity index (χ4v) is 4.74. The predicted octanol–water partition coefficient (Wildman–Crippen LogP) is 4.54.